The van der Waals surface area contributed by atoms with Crippen molar-refractivity contribution in [3.63, 3.8) is 0 Å². The van der Waals surface area contributed by atoms with Gasteiger partial charge in [0.15, 0.2) is 0 Å². The molecule has 37 heavy (non-hydrogen) atoms. The number of hydrogen-bond acceptors (Lipinski definition) is 5. The van der Waals surface area contributed by atoms with Crippen LogP contribution in [-0.2, 0) is 25.6 Å². The molecule has 2 amide bonds. The highest BCUT2D eigenvalue weighted by Crippen LogP contribution is 2.44. The van der Waals surface area contributed by atoms with Crippen molar-refractivity contribution in [2.45, 2.75) is 24.9 Å². The topological polar surface area (TPSA) is 84.9 Å². The fourth-order valence-corrected chi connectivity index (χ4v) is 4.56. The van der Waals surface area contributed by atoms with Gasteiger partial charge in [-0.15, -0.1) is 0 Å². The fourth-order valence-electron chi connectivity index (χ4n) is 4.56. The third kappa shape index (κ3) is 6.25. The molecule has 3 aromatic rings. The Morgan fingerprint density at radius 1 is 0.919 bits per heavy atom. The molecule has 1 aliphatic rings. The largest absolute Gasteiger partial charge is 0.461 e. The van der Waals surface area contributed by atoms with Gasteiger partial charge in [-0.05, 0) is 27.8 Å². The average molecular weight is 499 g/mol. The van der Waals surface area contributed by atoms with Gasteiger partial charge in [0.2, 0.25) is 5.91 Å². The summed E-state index contributed by atoms with van der Waals surface area (Å²) in [6.07, 6.45) is 0.343. The molecule has 0 spiro atoms. The average Bonchev–Trinajstić information content (AvgIpc) is 3.24. The monoisotopic (exact) mass is 498 g/mol. The van der Waals surface area contributed by atoms with Gasteiger partial charge in [0, 0.05) is 19.5 Å². The number of nitrogens with one attached hydrogen (secondary N) is 1. The molecule has 0 bridgehead atoms. The normalized spacial score (nSPS) is 12.6. The Morgan fingerprint density at radius 2 is 1.51 bits per heavy atom. The van der Waals surface area contributed by atoms with Gasteiger partial charge in [-0.3, -0.25) is 9.59 Å². The minimum Gasteiger partial charge on any atom is -0.461 e. The van der Waals surface area contributed by atoms with Crippen LogP contribution in [0.3, 0.4) is 0 Å². The molecule has 1 N–H and O–H groups in total. The number of likely N-dealkylation sites (N-methyl/N-ethyl adjacent to an activating group) is 1. The molecule has 3 aromatic carbocycles. The Kier molecular flexibility index (Phi) is 8.36. The van der Waals surface area contributed by atoms with E-state index in [2.05, 4.69) is 24.0 Å². The summed E-state index contributed by atoms with van der Waals surface area (Å²) < 4.78 is 10.6. The lowest BCUT2D eigenvalue weighted by atomic mass is 9.98. The van der Waals surface area contributed by atoms with Crippen LogP contribution in [0.25, 0.3) is 11.1 Å². The zero-order chi connectivity index (χ0) is 26.2. The summed E-state index contributed by atoms with van der Waals surface area (Å²) in [5, 5.41) is 2.58. The minimum atomic E-state index is -1.14. The molecule has 0 unspecified atom stereocenters. The fraction of sp³-hybridized carbons (Fsp3) is 0.233. The van der Waals surface area contributed by atoms with E-state index >= 15 is 0 Å². The van der Waals surface area contributed by atoms with E-state index in [4.69, 9.17) is 9.47 Å². The summed E-state index contributed by atoms with van der Waals surface area (Å²) in [4.78, 5) is 39.8. The minimum absolute atomic E-state index is 0.0184. The van der Waals surface area contributed by atoms with Crippen molar-refractivity contribution in [1.29, 1.82) is 0 Å². The molecule has 0 aliphatic heterocycles. The van der Waals surface area contributed by atoms with Gasteiger partial charge in [0.1, 0.15) is 19.3 Å². The summed E-state index contributed by atoms with van der Waals surface area (Å²) in [6.45, 7) is 3.96. The van der Waals surface area contributed by atoms with Crippen LogP contribution < -0.4 is 5.32 Å². The van der Waals surface area contributed by atoms with Crippen molar-refractivity contribution in [3.8, 4) is 11.1 Å². The van der Waals surface area contributed by atoms with Gasteiger partial charge in [0.25, 0.3) is 0 Å². The summed E-state index contributed by atoms with van der Waals surface area (Å²) in [6, 6.07) is 24.4. The molecule has 7 heteroatoms. The SMILES string of the molecule is C=CCOC(=O)C[C@@H](NC(=O)OCC1c2ccccc2-c2ccccc21)C(=O)N(C)Cc1ccccc1. The highest BCUT2D eigenvalue weighted by Gasteiger charge is 2.31. The molecule has 1 aliphatic carbocycles. The second kappa shape index (κ2) is 12.0. The number of hydrogen-bond donors (Lipinski definition) is 1. The van der Waals surface area contributed by atoms with Gasteiger partial charge in [-0.1, -0.05) is 91.5 Å². The van der Waals surface area contributed by atoms with Crippen molar-refractivity contribution in [1.82, 2.24) is 10.2 Å². The van der Waals surface area contributed by atoms with Crippen LogP contribution in [-0.4, -0.2) is 49.2 Å². The summed E-state index contributed by atoms with van der Waals surface area (Å²) in [5.41, 5.74) is 5.33. The van der Waals surface area contributed by atoms with E-state index in [-0.39, 0.29) is 25.6 Å². The molecule has 0 heterocycles. The predicted molar refractivity (Wildman–Crippen MR) is 141 cm³/mol. The zero-order valence-corrected chi connectivity index (χ0v) is 20.8. The lowest BCUT2D eigenvalue weighted by Crippen LogP contribution is -2.48. The molecule has 0 radical (unpaired) electrons. The van der Waals surface area contributed by atoms with Crippen LogP contribution in [0.2, 0.25) is 0 Å². The number of carbonyl (C=O) groups is 3. The summed E-state index contributed by atoms with van der Waals surface area (Å²) in [7, 11) is 1.62. The number of alkyl carbamates (subject to hydrolysis) is 1. The van der Waals surface area contributed by atoms with Crippen LogP contribution in [0.5, 0.6) is 0 Å². The van der Waals surface area contributed by atoms with E-state index in [0.29, 0.717) is 6.54 Å². The summed E-state index contributed by atoms with van der Waals surface area (Å²) >= 11 is 0. The number of esters is 1. The smallest absolute Gasteiger partial charge is 0.407 e. The number of nitrogens with zero attached hydrogens (tertiary/aromatic N) is 1. The van der Waals surface area contributed by atoms with Crippen LogP contribution >= 0.6 is 0 Å². The first kappa shape index (κ1) is 25.7. The Balaban J connectivity index is 1.43. The van der Waals surface area contributed by atoms with Gasteiger partial charge >= 0.3 is 12.1 Å². The molecule has 0 aromatic heterocycles. The number of rotatable bonds is 10. The van der Waals surface area contributed by atoms with Crippen LogP contribution in [0.15, 0.2) is 91.5 Å². The maximum Gasteiger partial charge on any atom is 0.407 e. The van der Waals surface area contributed by atoms with Gasteiger partial charge < -0.3 is 19.7 Å². The second-order valence-electron chi connectivity index (χ2n) is 8.88. The standard InChI is InChI=1S/C30H30N2O5/c1-3-17-36-28(33)18-27(29(34)32(2)19-21-11-5-4-6-12-21)31-30(35)37-20-26-24-15-9-7-13-22(24)23-14-8-10-16-25(23)26/h3-16,26-27H,1,17-20H2,2H3,(H,31,35)/t27-/m1/s1. The maximum absolute atomic E-state index is 13.2. The first-order valence-electron chi connectivity index (χ1n) is 12.1. The highest BCUT2D eigenvalue weighted by molar-refractivity contribution is 5.89. The Bertz CT molecular complexity index is 1230. The van der Waals surface area contributed by atoms with E-state index in [1.807, 2.05) is 66.7 Å². The number of benzene rings is 3. The lowest BCUT2D eigenvalue weighted by molar-refractivity contribution is -0.146. The molecule has 0 saturated heterocycles. The first-order chi connectivity index (χ1) is 18.0. The molecule has 190 valence electrons. The van der Waals surface area contributed by atoms with Crippen LogP contribution in [0.1, 0.15) is 29.0 Å². The molecular weight excluding hydrogens is 468 g/mol. The number of amides is 2. The lowest BCUT2D eigenvalue weighted by Gasteiger charge is -2.24. The highest BCUT2D eigenvalue weighted by atomic mass is 16.5. The Labute approximate surface area is 216 Å². The van der Waals surface area contributed by atoms with E-state index in [1.165, 1.54) is 11.0 Å². The Hall–Kier alpha value is -4.39. The van der Waals surface area contributed by atoms with Crippen LogP contribution in [0, 0.1) is 0 Å². The van der Waals surface area contributed by atoms with Crippen molar-refractivity contribution >= 4 is 18.0 Å². The molecule has 0 saturated carbocycles. The third-order valence-corrected chi connectivity index (χ3v) is 6.31. The maximum atomic E-state index is 13.2. The molecule has 0 fully saturated rings. The van der Waals surface area contributed by atoms with Crippen molar-refractivity contribution in [2.24, 2.45) is 0 Å². The molecular formula is C30H30N2O5. The van der Waals surface area contributed by atoms with Gasteiger partial charge in [-0.2, -0.15) is 0 Å². The molecule has 7 nitrogen and oxygen atoms in total. The van der Waals surface area contributed by atoms with Crippen LogP contribution in [0.4, 0.5) is 4.79 Å². The zero-order valence-electron chi connectivity index (χ0n) is 20.8. The first-order valence-corrected chi connectivity index (χ1v) is 12.1. The predicted octanol–water partition coefficient (Wildman–Crippen LogP) is 4.67. The van der Waals surface area contributed by atoms with Crippen molar-refractivity contribution in [2.75, 3.05) is 20.3 Å². The third-order valence-electron chi connectivity index (χ3n) is 6.31. The summed E-state index contributed by atoms with van der Waals surface area (Å²) in [5.74, 6) is -1.16. The number of carbonyl (C=O) groups excluding carboxylic acids is 3. The Morgan fingerprint density at radius 3 is 2.14 bits per heavy atom. The number of fused-ring (bicyclic) bond motifs is 3. The van der Waals surface area contributed by atoms with Crippen molar-refractivity contribution in [3.05, 3.63) is 108 Å². The van der Waals surface area contributed by atoms with Crippen molar-refractivity contribution < 1.29 is 23.9 Å². The van der Waals surface area contributed by atoms with Gasteiger partial charge in [-0.25, -0.2) is 4.79 Å². The molecule has 4 rings (SSSR count). The van der Waals surface area contributed by atoms with E-state index in [0.717, 1.165) is 27.8 Å². The molecule has 1 atom stereocenters. The van der Waals surface area contributed by atoms with Gasteiger partial charge in [0.05, 0.1) is 6.42 Å². The second-order valence-corrected chi connectivity index (χ2v) is 8.88. The van der Waals surface area contributed by atoms with E-state index in [1.54, 1.807) is 7.05 Å². The number of ether oxygens (including phenoxy) is 2. The van der Waals surface area contributed by atoms with E-state index in [9.17, 15) is 14.4 Å². The van der Waals surface area contributed by atoms with E-state index < -0.39 is 24.0 Å². The quantitative estimate of drug-likeness (QED) is 0.324.